The highest BCUT2D eigenvalue weighted by molar-refractivity contribution is 5.87. The maximum Gasteiger partial charge on any atom is 0.152 e. The lowest BCUT2D eigenvalue weighted by molar-refractivity contribution is -0.112. The molecule has 0 rings (SSSR count). The normalized spacial score (nSPS) is 15.2. The van der Waals surface area contributed by atoms with Crippen molar-refractivity contribution in [1.29, 1.82) is 0 Å². The number of hydrogen-bond acceptors (Lipinski definition) is 2. The molecule has 1 atom stereocenters. The van der Waals surface area contributed by atoms with Gasteiger partial charge in [0.15, 0.2) is 5.78 Å². The molecule has 0 aromatic heterocycles. The highest BCUT2D eigenvalue weighted by atomic mass is 16.3. The van der Waals surface area contributed by atoms with Crippen LogP contribution in [0.4, 0.5) is 0 Å². The van der Waals surface area contributed by atoms with Crippen LogP contribution in [0.25, 0.3) is 0 Å². The van der Waals surface area contributed by atoms with Crippen molar-refractivity contribution in [3.05, 3.63) is 23.8 Å². The van der Waals surface area contributed by atoms with Gasteiger partial charge in [-0.1, -0.05) is 11.6 Å². The SMILES string of the molecule is CC(=O)C=C[C@](C)(O)CCC=C(C)C. The first-order valence-corrected chi connectivity index (χ1v) is 4.89. The Labute approximate surface area is 86.3 Å². The highest BCUT2D eigenvalue weighted by Gasteiger charge is 2.14. The molecule has 0 saturated heterocycles. The van der Waals surface area contributed by atoms with Crippen molar-refractivity contribution >= 4 is 5.78 Å². The average molecular weight is 196 g/mol. The standard InChI is InChI=1S/C12H20O2/c1-10(2)6-5-8-12(4,14)9-7-11(3)13/h6-7,9,14H,5,8H2,1-4H3/t12-/m1/s1. The van der Waals surface area contributed by atoms with Crippen LogP contribution in [0, 0.1) is 0 Å². The van der Waals surface area contributed by atoms with Gasteiger partial charge in [0.2, 0.25) is 0 Å². The smallest absolute Gasteiger partial charge is 0.152 e. The fourth-order valence-electron chi connectivity index (χ4n) is 1.03. The van der Waals surface area contributed by atoms with Gasteiger partial charge in [0, 0.05) is 0 Å². The second kappa shape index (κ2) is 5.76. The largest absolute Gasteiger partial charge is 0.386 e. The Morgan fingerprint density at radius 2 is 1.93 bits per heavy atom. The zero-order valence-corrected chi connectivity index (χ0v) is 9.50. The maximum atomic E-state index is 10.7. The van der Waals surface area contributed by atoms with Crippen molar-refractivity contribution in [2.75, 3.05) is 0 Å². The molecule has 0 fully saturated rings. The molecule has 0 radical (unpaired) electrons. The minimum Gasteiger partial charge on any atom is -0.386 e. The summed E-state index contributed by atoms with van der Waals surface area (Å²) in [6.45, 7) is 7.24. The monoisotopic (exact) mass is 196 g/mol. The summed E-state index contributed by atoms with van der Waals surface area (Å²) < 4.78 is 0. The van der Waals surface area contributed by atoms with E-state index in [2.05, 4.69) is 6.08 Å². The first-order chi connectivity index (χ1) is 6.33. The lowest BCUT2D eigenvalue weighted by Crippen LogP contribution is -2.20. The van der Waals surface area contributed by atoms with Gasteiger partial charge in [-0.3, -0.25) is 4.79 Å². The molecule has 0 unspecified atom stereocenters. The molecular formula is C12H20O2. The van der Waals surface area contributed by atoms with Crippen LogP contribution in [0.1, 0.15) is 40.5 Å². The third kappa shape index (κ3) is 7.74. The molecule has 0 spiro atoms. The molecule has 0 heterocycles. The van der Waals surface area contributed by atoms with Crippen molar-refractivity contribution in [3.63, 3.8) is 0 Å². The molecule has 0 saturated carbocycles. The minimum absolute atomic E-state index is 0.0347. The fourth-order valence-corrected chi connectivity index (χ4v) is 1.03. The summed E-state index contributed by atoms with van der Waals surface area (Å²) in [5.74, 6) is -0.0347. The Bertz CT molecular complexity index is 243. The lowest BCUT2D eigenvalue weighted by atomic mass is 9.98. The zero-order valence-electron chi connectivity index (χ0n) is 9.50. The molecule has 14 heavy (non-hydrogen) atoms. The Kier molecular flexibility index (Phi) is 5.39. The van der Waals surface area contributed by atoms with Crippen LogP contribution in [-0.4, -0.2) is 16.5 Å². The van der Waals surface area contributed by atoms with E-state index in [1.807, 2.05) is 13.8 Å². The van der Waals surface area contributed by atoms with Crippen LogP contribution in [0.2, 0.25) is 0 Å². The molecular weight excluding hydrogens is 176 g/mol. The third-order valence-electron chi connectivity index (χ3n) is 1.88. The Morgan fingerprint density at radius 3 is 2.36 bits per heavy atom. The van der Waals surface area contributed by atoms with Crippen molar-refractivity contribution in [3.8, 4) is 0 Å². The van der Waals surface area contributed by atoms with Gasteiger partial charge in [-0.05, 0) is 52.7 Å². The zero-order chi connectivity index (χ0) is 11.2. The van der Waals surface area contributed by atoms with E-state index in [0.717, 1.165) is 6.42 Å². The summed E-state index contributed by atoms with van der Waals surface area (Å²) in [4.78, 5) is 10.7. The number of hydrogen-bond donors (Lipinski definition) is 1. The average Bonchev–Trinajstić information content (AvgIpc) is 2.00. The molecule has 0 bridgehead atoms. The van der Waals surface area contributed by atoms with E-state index in [9.17, 15) is 9.90 Å². The molecule has 1 N–H and O–H groups in total. The van der Waals surface area contributed by atoms with Gasteiger partial charge in [0.1, 0.15) is 0 Å². The van der Waals surface area contributed by atoms with Crippen molar-refractivity contribution < 1.29 is 9.90 Å². The molecule has 0 amide bonds. The quantitative estimate of drug-likeness (QED) is 0.542. The number of carbonyl (C=O) groups is 1. The molecule has 0 aliphatic rings. The Hall–Kier alpha value is -0.890. The molecule has 0 aromatic carbocycles. The number of carbonyl (C=O) groups excluding carboxylic acids is 1. The summed E-state index contributed by atoms with van der Waals surface area (Å²) in [6, 6.07) is 0. The van der Waals surface area contributed by atoms with E-state index >= 15 is 0 Å². The number of ketones is 1. The van der Waals surface area contributed by atoms with Crippen LogP contribution >= 0.6 is 0 Å². The van der Waals surface area contributed by atoms with E-state index in [1.54, 1.807) is 13.0 Å². The minimum atomic E-state index is -0.877. The van der Waals surface area contributed by atoms with E-state index in [-0.39, 0.29) is 5.78 Å². The second-order valence-electron chi connectivity index (χ2n) is 4.12. The summed E-state index contributed by atoms with van der Waals surface area (Å²) >= 11 is 0. The number of allylic oxidation sites excluding steroid dienone is 3. The summed E-state index contributed by atoms with van der Waals surface area (Å²) in [5.41, 5.74) is 0.369. The van der Waals surface area contributed by atoms with Gasteiger partial charge in [-0.25, -0.2) is 0 Å². The van der Waals surface area contributed by atoms with Crippen LogP contribution in [0.5, 0.6) is 0 Å². The number of rotatable bonds is 5. The predicted molar refractivity (Wildman–Crippen MR) is 59.1 cm³/mol. The van der Waals surface area contributed by atoms with Gasteiger partial charge >= 0.3 is 0 Å². The van der Waals surface area contributed by atoms with Gasteiger partial charge in [-0.15, -0.1) is 0 Å². The Morgan fingerprint density at radius 1 is 1.36 bits per heavy atom. The molecule has 0 aliphatic heterocycles. The molecule has 2 heteroatoms. The van der Waals surface area contributed by atoms with Gasteiger partial charge < -0.3 is 5.11 Å². The third-order valence-corrected chi connectivity index (χ3v) is 1.88. The molecule has 0 aromatic rings. The molecule has 0 aliphatic carbocycles. The van der Waals surface area contributed by atoms with E-state index in [1.165, 1.54) is 18.6 Å². The Balaban J connectivity index is 4.07. The summed E-state index contributed by atoms with van der Waals surface area (Å²) in [5, 5.41) is 9.81. The maximum absolute atomic E-state index is 10.7. The summed E-state index contributed by atoms with van der Waals surface area (Å²) in [7, 11) is 0. The van der Waals surface area contributed by atoms with E-state index < -0.39 is 5.60 Å². The topological polar surface area (TPSA) is 37.3 Å². The molecule has 80 valence electrons. The van der Waals surface area contributed by atoms with Crippen LogP contribution in [0.3, 0.4) is 0 Å². The second-order valence-corrected chi connectivity index (χ2v) is 4.12. The van der Waals surface area contributed by atoms with Crippen LogP contribution in [0.15, 0.2) is 23.8 Å². The van der Waals surface area contributed by atoms with E-state index in [0.29, 0.717) is 6.42 Å². The summed E-state index contributed by atoms with van der Waals surface area (Å²) in [6.07, 6.45) is 6.53. The fraction of sp³-hybridized carbons (Fsp3) is 0.583. The van der Waals surface area contributed by atoms with Gasteiger partial charge in [0.05, 0.1) is 5.60 Å². The first-order valence-electron chi connectivity index (χ1n) is 4.89. The van der Waals surface area contributed by atoms with Crippen molar-refractivity contribution in [2.45, 2.75) is 46.1 Å². The predicted octanol–water partition coefficient (Wildman–Crippen LogP) is 2.63. The van der Waals surface area contributed by atoms with Crippen molar-refractivity contribution in [1.82, 2.24) is 0 Å². The van der Waals surface area contributed by atoms with Gasteiger partial charge in [-0.2, -0.15) is 0 Å². The number of aliphatic hydroxyl groups is 1. The van der Waals surface area contributed by atoms with Crippen molar-refractivity contribution in [2.24, 2.45) is 0 Å². The lowest BCUT2D eigenvalue weighted by Gasteiger charge is -2.17. The highest BCUT2D eigenvalue weighted by Crippen LogP contribution is 2.14. The molecule has 2 nitrogen and oxygen atoms in total. The van der Waals surface area contributed by atoms with Crippen LogP contribution < -0.4 is 0 Å². The van der Waals surface area contributed by atoms with Crippen LogP contribution in [-0.2, 0) is 4.79 Å². The van der Waals surface area contributed by atoms with Gasteiger partial charge in [0.25, 0.3) is 0 Å². The van der Waals surface area contributed by atoms with E-state index in [4.69, 9.17) is 0 Å². The first kappa shape index (κ1) is 13.1.